The van der Waals surface area contributed by atoms with Gasteiger partial charge in [0.25, 0.3) is 0 Å². The maximum Gasteiger partial charge on any atom is 0.189 e. The van der Waals surface area contributed by atoms with Gasteiger partial charge in [-0.15, -0.1) is 48.1 Å². The molecule has 6 aromatic carbocycles. The molecule has 0 bridgehead atoms. The van der Waals surface area contributed by atoms with Gasteiger partial charge in [-0.25, -0.2) is 9.83 Å². The number of hydrogen-bond acceptors (Lipinski definition) is 4. The van der Waals surface area contributed by atoms with E-state index in [4.69, 9.17) is 16.3 Å². The van der Waals surface area contributed by atoms with Gasteiger partial charge in [-0.2, -0.15) is 12.1 Å². The van der Waals surface area contributed by atoms with Crippen LogP contribution in [0.3, 0.4) is 0 Å². The zero-order valence-electron chi connectivity index (χ0n) is 29.9. The van der Waals surface area contributed by atoms with Crippen LogP contribution in [0, 0.1) is 25.4 Å². The molecule has 0 saturated carbocycles. The Morgan fingerprint density at radius 2 is 1.43 bits per heavy atom. The molecule has 0 atom stereocenters. The minimum atomic E-state index is -0.0213. The van der Waals surface area contributed by atoms with Crippen LogP contribution in [0.25, 0.3) is 43.6 Å². The summed E-state index contributed by atoms with van der Waals surface area (Å²) in [6.07, 6.45) is 1.88. The van der Waals surface area contributed by atoms with Gasteiger partial charge < -0.3 is 19.1 Å². The maximum atomic E-state index is 7.82. The Hall–Kier alpha value is -6.15. The van der Waals surface area contributed by atoms with E-state index in [2.05, 4.69) is 125 Å². The molecule has 0 N–H and O–H groups in total. The monoisotopic (exact) mass is 879 g/mol. The van der Waals surface area contributed by atoms with Crippen molar-refractivity contribution in [2.75, 3.05) is 9.80 Å². The van der Waals surface area contributed by atoms with Gasteiger partial charge in [0.15, 0.2) is 5.69 Å². The predicted octanol–water partition coefficient (Wildman–Crippen LogP) is 12.5. The van der Waals surface area contributed by atoms with Crippen LogP contribution in [0.2, 0.25) is 0 Å². The van der Waals surface area contributed by atoms with Crippen molar-refractivity contribution >= 4 is 50.2 Å². The van der Waals surface area contributed by atoms with Crippen molar-refractivity contribution in [1.82, 2.24) is 9.55 Å². The Balaban J connectivity index is 0.00000413. The number of nitrogens with zero attached hydrogens (tertiary/aromatic N) is 5. The van der Waals surface area contributed by atoms with Crippen molar-refractivity contribution in [2.24, 2.45) is 0 Å². The number of fused-ring (bicyclic) bond motifs is 4. The van der Waals surface area contributed by atoms with Crippen molar-refractivity contribution in [3.63, 3.8) is 0 Å². The molecule has 0 radical (unpaired) electrons. The number of rotatable bonds is 6. The molecule has 0 fully saturated rings. The fourth-order valence-electron chi connectivity index (χ4n) is 7.04. The molecule has 9 rings (SSSR count). The smallest absolute Gasteiger partial charge is 0.189 e. The maximum absolute atomic E-state index is 7.82. The first-order chi connectivity index (χ1) is 25.8. The Morgan fingerprint density at radius 1 is 0.685 bits per heavy atom. The van der Waals surface area contributed by atoms with Crippen LogP contribution in [-0.2, 0) is 26.5 Å². The average molecular weight is 880 g/mol. The van der Waals surface area contributed by atoms with Crippen LogP contribution in [0.5, 0.6) is 11.5 Å². The molecule has 6 nitrogen and oxygen atoms in total. The molecule has 3 heterocycles. The molecule has 0 unspecified atom stereocenters. The predicted molar refractivity (Wildman–Crippen MR) is 215 cm³/mol. The average Bonchev–Trinajstić information content (AvgIpc) is 3.74. The third-order valence-electron chi connectivity index (χ3n) is 9.68. The van der Waals surface area contributed by atoms with Gasteiger partial charge in [0.2, 0.25) is 0 Å². The minimum absolute atomic E-state index is 0. The third kappa shape index (κ3) is 6.31. The van der Waals surface area contributed by atoms with Crippen LogP contribution in [-0.4, -0.2) is 9.55 Å². The summed E-state index contributed by atoms with van der Waals surface area (Å²) in [5.74, 6) is 1.99. The van der Waals surface area contributed by atoms with Gasteiger partial charge in [0, 0.05) is 61.3 Å². The fraction of sp³-hybridized carbons (Fsp3) is 0.0851. The quantitative estimate of drug-likeness (QED) is 0.156. The molecule has 0 saturated heterocycles. The molecule has 0 amide bonds. The fourth-order valence-corrected chi connectivity index (χ4v) is 7.04. The Bertz CT molecular complexity index is 2710. The molecule has 54 heavy (non-hydrogen) atoms. The second kappa shape index (κ2) is 14.0. The molecular formula is C47H34N5OPt-3. The second-order valence-electron chi connectivity index (χ2n) is 14.2. The van der Waals surface area contributed by atoms with Crippen LogP contribution in [0.1, 0.15) is 26.3 Å². The number of benzene rings is 6. The Kier molecular flexibility index (Phi) is 9.05. The number of pyridine rings is 1. The first-order valence-electron chi connectivity index (χ1n) is 17.6. The first kappa shape index (κ1) is 34.9. The van der Waals surface area contributed by atoms with Gasteiger partial charge in [0.05, 0.1) is 6.57 Å². The molecule has 8 aromatic rings. The summed E-state index contributed by atoms with van der Waals surface area (Å²) in [4.78, 5) is 12.8. The van der Waals surface area contributed by atoms with Crippen LogP contribution < -0.4 is 14.5 Å². The van der Waals surface area contributed by atoms with Crippen molar-refractivity contribution in [2.45, 2.75) is 26.2 Å². The first-order valence-corrected chi connectivity index (χ1v) is 17.6. The number of ether oxygens (including phenoxy) is 1. The summed E-state index contributed by atoms with van der Waals surface area (Å²) in [5, 5.41) is 2.21. The number of anilines is 4. The third-order valence-corrected chi connectivity index (χ3v) is 9.68. The van der Waals surface area contributed by atoms with Crippen LogP contribution in [0.4, 0.5) is 28.4 Å². The van der Waals surface area contributed by atoms with Crippen LogP contribution >= 0.6 is 0 Å². The van der Waals surface area contributed by atoms with E-state index in [0.717, 1.165) is 61.5 Å². The summed E-state index contributed by atoms with van der Waals surface area (Å²) < 4.78 is 8.68. The van der Waals surface area contributed by atoms with E-state index in [9.17, 15) is 0 Å². The SMILES string of the molecule is [C-]#[N+]c1cc(-c2ccccc2)cc(N2[CH-]N(c3[c-]c(Oc4[c-]c5c(cc4)c4ccccc4n5-c4cc(C(C)(C)C)ccn4)ccc3)c3ccccc32)c1.[Pt]. The number of hydrogen-bond donors (Lipinski definition) is 0. The normalized spacial score (nSPS) is 12.4. The summed E-state index contributed by atoms with van der Waals surface area (Å²) in [6, 6.07) is 54.1. The summed E-state index contributed by atoms with van der Waals surface area (Å²) >= 11 is 0. The molecule has 1 aliphatic heterocycles. The van der Waals surface area contributed by atoms with Crippen molar-refractivity contribution in [1.29, 1.82) is 0 Å². The second-order valence-corrected chi connectivity index (χ2v) is 14.2. The van der Waals surface area contributed by atoms with E-state index < -0.39 is 0 Å². The zero-order chi connectivity index (χ0) is 36.1. The summed E-state index contributed by atoms with van der Waals surface area (Å²) in [6.45, 7) is 16.5. The molecule has 0 spiro atoms. The van der Waals surface area contributed by atoms with Crippen molar-refractivity contribution in [3.05, 3.63) is 182 Å². The van der Waals surface area contributed by atoms with Gasteiger partial charge >= 0.3 is 0 Å². The van der Waals surface area contributed by atoms with Crippen molar-refractivity contribution in [3.8, 4) is 28.4 Å². The van der Waals surface area contributed by atoms with Gasteiger partial charge in [-0.05, 0) is 76.0 Å². The van der Waals surface area contributed by atoms with E-state index in [1.54, 1.807) is 0 Å². The molecule has 0 aliphatic carbocycles. The van der Waals surface area contributed by atoms with Gasteiger partial charge in [-0.1, -0.05) is 87.0 Å². The standard InChI is InChI=1S/C47H34N5O.Pt/c1-47(2,3)34-23-24-49-46(27-34)52-42-18-9-8-17-40(42)41-22-21-39(30-45(41)52)53-38-16-12-15-36(29-38)50-31-51(44-20-11-10-19-43(44)50)37-26-33(25-35(28-37)48-4)32-13-6-5-7-14-32;/h5-28,31H,1-3H3;/q-3;. The summed E-state index contributed by atoms with van der Waals surface area (Å²) in [5.41, 5.74) is 9.51. The van der Waals surface area contributed by atoms with E-state index in [1.807, 2.05) is 79.6 Å². The largest absolute Gasteiger partial charge is 0.509 e. The minimum Gasteiger partial charge on any atom is -0.509 e. The molecule has 1 aliphatic rings. The Labute approximate surface area is 330 Å². The van der Waals surface area contributed by atoms with Crippen LogP contribution in [0.15, 0.2) is 146 Å². The number of aromatic nitrogens is 2. The summed E-state index contributed by atoms with van der Waals surface area (Å²) in [7, 11) is 0. The molecule has 266 valence electrons. The number of para-hydroxylation sites is 3. The molecule has 7 heteroatoms. The molecular weight excluding hydrogens is 846 g/mol. The molecule has 2 aromatic heterocycles. The van der Waals surface area contributed by atoms with Gasteiger partial charge in [-0.3, -0.25) is 0 Å². The van der Waals surface area contributed by atoms with E-state index in [0.29, 0.717) is 17.2 Å². The van der Waals surface area contributed by atoms with E-state index in [1.165, 1.54) is 5.56 Å². The van der Waals surface area contributed by atoms with E-state index >= 15 is 0 Å². The van der Waals surface area contributed by atoms with E-state index in [-0.39, 0.29) is 26.5 Å². The van der Waals surface area contributed by atoms with Crippen molar-refractivity contribution < 1.29 is 25.8 Å². The zero-order valence-corrected chi connectivity index (χ0v) is 32.2. The topological polar surface area (TPSA) is 37.9 Å². The van der Waals surface area contributed by atoms with Gasteiger partial charge in [0.1, 0.15) is 5.82 Å². The Morgan fingerprint density at radius 3 is 2.22 bits per heavy atom.